The number of hydrogen-bond acceptors (Lipinski definition) is 7. The van der Waals surface area contributed by atoms with E-state index >= 15 is 0 Å². The van der Waals surface area contributed by atoms with E-state index in [1.807, 2.05) is 71.9 Å². The number of aliphatic hydroxyl groups is 1. The van der Waals surface area contributed by atoms with Gasteiger partial charge in [0.05, 0.1) is 12.1 Å². The van der Waals surface area contributed by atoms with Crippen LogP contribution in [0.2, 0.25) is 0 Å². The Morgan fingerprint density at radius 2 is 1.44 bits per heavy atom. The van der Waals surface area contributed by atoms with Crippen molar-refractivity contribution in [3.63, 3.8) is 0 Å². The molecular formula is C39H62N6O7. The van der Waals surface area contributed by atoms with Crippen LogP contribution < -0.4 is 26.6 Å². The van der Waals surface area contributed by atoms with Gasteiger partial charge in [0.2, 0.25) is 29.5 Å². The Morgan fingerprint density at radius 3 is 2.04 bits per heavy atom. The van der Waals surface area contributed by atoms with Gasteiger partial charge in [-0.15, -0.1) is 0 Å². The molecule has 6 N–H and O–H groups in total. The first-order chi connectivity index (χ1) is 24.7. The fourth-order valence-electron chi connectivity index (χ4n) is 7.47. The molecule has 6 amide bonds. The number of nitrogens with zero attached hydrogens (tertiary/aromatic N) is 1. The maximum absolute atomic E-state index is 14.3. The Labute approximate surface area is 309 Å². The summed E-state index contributed by atoms with van der Waals surface area (Å²) in [6.07, 6.45) is 3.56. The van der Waals surface area contributed by atoms with E-state index in [1.54, 1.807) is 11.9 Å². The highest BCUT2D eigenvalue weighted by Gasteiger charge is 2.51. The van der Waals surface area contributed by atoms with Gasteiger partial charge in [-0.05, 0) is 68.3 Å². The minimum atomic E-state index is -1.50. The number of fused-ring (bicyclic) bond motifs is 1. The quantitative estimate of drug-likeness (QED) is 0.118. The molecule has 1 heterocycles. The number of amides is 6. The molecule has 8 atom stereocenters. The van der Waals surface area contributed by atoms with Crippen molar-refractivity contribution in [2.24, 2.45) is 23.7 Å². The molecule has 290 valence electrons. The Kier molecular flexibility index (Phi) is 16.6. The lowest BCUT2D eigenvalue weighted by molar-refractivity contribution is -0.144. The Hall–Kier alpha value is -4.00. The second-order valence-electron chi connectivity index (χ2n) is 15.2. The molecule has 2 aliphatic rings. The van der Waals surface area contributed by atoms with Crippen molar-refractivity contribution in [1.29, 1.82) is 0 Å². The van der Waals surface area contributed by atoms with E-state index in [0.29, 0.717) is 38.6 Å². The molecule has 0 spiro atoms. The van der Waals surface area contributed by atoms with E-state index in [4.69, 9.17) is 0 Å². The van der Waals surface area contributed by atoms with Crippen LogP contribution in [0.5, 0.6) is 0 Å². The summed E-state index contributed by atoms with van der Waals surface area (Å²) in [6, 6.07) is 5.54. The maximum atomic E-state index is 14.3. The van der Waals surface area contributed by atoms with Gasteiger partial charge in [-0.2, -0.15) is 0 Å². The Balaban J connectivity index is 1.73. The number of hydrogen-bond donors (Lipinski definition) is 6. The number of rotatable bonds is 19. The number of aliphatic hydroxyl groups excluding tert-OH is 1. The average molecular weight is 727 g/mol. The van der Waals surface area contributed by atoms with E-state index in [0.717, 1.165) is 24.8 Å². The zero-order valence-electron chi connectivity index (χ0n) is 32.1. The first-order valence-corrected chi connectivity index (χ1v) is 19.1. The van der Waals surface area contributed by atoms with Gasteiger partial charge in [-0.1, -0.05) is 77.8 Å². The van der Waals surface area contributed by atoms with E-state index in [-0.39, 0.29) is 53.9 Å². The molecule has 1 saturated carbocycles. The standard InChI is InChI=1S/C39H62N6O7/c1-8-15-29(35(48)38(51)41-25(6)26-16-10-9-11-17-26)42-37(50)34-28-19-14-18-27(28)22-45(34)39(52)33(24(4)5)44-36(49)32(23(2)3)43-31(47)21-13-12-20-30(46)40-7/h9-11,16-17,23-25,27-29,32-35,48H,8,12-15,18-22H2,1-7H3,(H,40,46)(H,41,51)(H,42,50)(H,43,47)(H,44,49)/t25-,27?,28-,29?,32-,33?,34-,35?/m0/s1. The van der Waals surface area contributed by atoms with Crippen LogP contribution in [0.25, 0.3) is 0 Å². The highest BCUT2D eigenvalue weighted by Crippen LogP contribution is 2.42. The second kappa shape index (κ2) is 20.3. The molecule has 1 aliphatic carbocycles. The minimum absolute atomic E-state index is 0.0788. The molecule has 0 radical (unpaired) electrons. The number of carbonyl (C=O) groups excluding carboxylic acids is 6. The molecule has 52 heavy (non-hydrogen) atoms. The Morgan fingerprint density at radius 1 is 0.808 bits per heavy atom. The normalized spacial score (nSPS) is 21.0. The van der Waals surface area contributed by atoms with Gasteiger partial charge in [0.15, 0.2) is 6.10 Å². The topological polar surface area (TPSA) is 186 Å². The van der Waals surface area contributed by atoms with E-state index in [2.05, 4.69) is 26.6 Å². The highest BCUT2D eigenvalue weighted by molar-refractivity contribution is 5.95. The van der Waals surface area contributed by atoms with Crippen LogP contribution in [0.4, 0.5) is 0 Å². The third-order valence-corrected chi connectivity index (χ3v) is 10.5. The van der Waals surface area contributed by atoms with Crippen molar-refractivity contribution in [2.75, 3.05) is 13.6 Å². The number of unbranched alkanes of at least 4 members (excludes halogenated alkanes) is 1. The fourth-order valence-corrected chi connectivity index (χ4v) is 7.47. The summed E-state index contributed by atoms with van der Waals surface area (Å²) >= 11 is 0. The van der Waals surface area contributed by atoms with Crippen molar-refractivity contribution in [3.05, 3.63) is 35.9 Å². The van der Waals surface area contributed by atoms with Crippen molar-refractivity contribution >= 4 is 35.4 Å². The van der Waals surface area contributed by atoms with Crippen LogP contribution in [0, 0.1) is 23.7 Å². The summed E-state index contributed by atoms with van der Waals surface area (Å²) in [5.41, 5.74) is 0.884. The van der Waals surface area contributed by atoms with Crippen molar-refractivity contribution in [2.45, 2.75) is 136 Å². The molecule has 1 aromatic rings. The second-order valence-corrected chi connectivity index (χ2v) is 15.2. The summed E-state index contributed by atoms with van der Waals surface area (Å²) in [4.78, 5) is 81.2. The van der Waals surface area contributed by atoms with Crippen LogP contribution in [0.3, 0.4) is 0 Å². The van der Waals surface area contributed by atoms with Gasteiger partial charge in [-0.25, -0.2) is 0 Å². The van der Waals surface area contributed by atoms with Crippen molar-refractivity contribution in [1.82, 2.24) is 31.5 Å². The van der Waals surface area contributed by atoms with Crippen molar-refractivity contribution < 1.29 is 33.9 Å². The highest BCUT2D eigenvalue weighted by atomic mass is 16.3. The maximum Gasteiger partial charge on any atom is 0.251 e. The first-order valence-electron chi connectivity index (χ1n) is 19.1. The first kappa shape index (κ1) is 42.4. The minimum Gasteiger partial charge on any atom is -0.381 e. The summed E-state index contributed by atoms with van der Waals surface area (Å²) in [5, 5.41) is 25.2. The molecule has 1 aliphatic heterocycles. The van der Waals surface area contributed by atoms with Crippen LogP contribution >= 0.6 is 0 Å². The van der Waals surface area contributed by atoms with Gasteiger partial charge in [-0.3, -0.25) is 28.8 Å². The average Bonchev–Trinajstić information content (AvgIpc) is 3.72. The molecule has 0 aromatic heterocycles. The van der Waals surface area contributed by atoms with Crippen molar-refractivity contribution in [3.8, 4) is 0 Å². The SMILES string of the molecule is CCCC(NC(=O)[C@@H]1[C@H]2CCCC2CN1C(=O)C(NC(=O)[C@@H](NC(=O)CCCCC(=O)NC)C(C)C)C(C)C)C(O)C(=O)N[C@@H](C)c1ccccc1. The van der Waals surface area contributed by atoms with Crippen LogP contribution in [-0.2, 0) is 28.8 Å². The smallest absolute Gasteiger partial charge is 0.251 e. The monoisotopic (exact) mass is 726 g/mol. The molecule has 13 heteroatoms. The predicted octanol–water partition coefficient (Wildman–Crippen LogP) is 2.72. The lowest BCUT2D eigenvalue weighted by Gasteiger charge is -2.34. The summed E-state index contributed by atoms with van der Waals surface area (Å²) in [6.45, 7) is 11.4. The number of benzene rings is 1. The molecule has 2 fully saturated rings. The molecule has 1 saturated heterocycles. The fraction of sp³-hybridized carbons (Fsp3) is 0.692. The number of likely N-dealkylation sites (tertiary alicyclic amines) is 1. The van der Waals surface area contributed by atoms with Gasteiger partial charge < -0.3 is 36.6 Å². The van der Waals surface area contributed by atoms with Gasteiger partial charge in [0.1, 0.15) is 18.1 Å². The van der Waals surface area contributed by atoms with Gasteiger partial charge >= 0.3 is 0 Å². The van der Waals surface area contributed by atoms with Crippen LogP contribution in [0.1, 0.15) is 111 Å². The van der Waals surface area contributed by atoms with Gasteiger partial charge in [0.25, 0.3) is 5.91 Å². The predicted molar refractivity (Wildman–Crippen MR) is 198 cm³/mol. The molecular weight excluding hydrogens is 664 g/mol. The largest absolute Gasteiger partial charge is 0.381 e. The third kappa shape index (κ3) is 11.5. The van der Waals surface area contributed by atoms with Crippen LogP contribution in [-0.4, -0.2) is 89.3 Å². The summed E-state index contributed by atoms with van der Waals surface area (Å²) in [7, 11) is 1.56. The number of nitrogens with one attached hydrogen (secondary N) is 5. The summed E-state index contributed by atoms with van der Waals surface area (Å²) in [5.74, 6) is -2.81. The zero-order chi connectivity index (χ0) is 38.5. The molecule has 4 unspecified atom stereocenters. The zero-order valence-corrected chi connectivity index (χ0v) is 32.1. The molecule has 1 aromatic carbocycles. The van der Waals surface area contributed by atoms with Gasteiger partial charge in [0, 0.05) is 26.4 Å². The van der Waals surface area contributed by atoms with E-state index in [9.17, 15) is 33.9 Å². The lowest BCUT2D eigenvalue weighted by atomic mass is 9.92. The molecule has 13 nitrogen and oxygen atoms in total. The van der Waals surface area contributed by atoms with Crippen LogP contribution in [0.15, 0.2) is 30.3 Å². The Bertz CT molecular complexity index is 1370. The van der Waals surface area contributed by atoms with E-state index in [1.165, 1.54) is 0 Å². The third-order valence-electron chi connectivity index (χ3n) is 10.5. The lowest BCUT2D eigenvalue weighted by Crippen LogP contribution is -2.60. The molecule has 3 rings (SSSR count). The summed E-state index contributed by atoms with van der Waals surface area (Å²) < 4.78 is 0. The molecule has 0 bridgehead atoms. The van der Waals surface area contributed by atoms with E-state index < -0.39 is 48.0 Å². The number of carbonyl (C=O) groups is 6.